The fourth-order valence-electron chi connectivity index (χ4n) is 3.20. The van der Waals surface area contributed by atoms with Crippen molar-refractivity contribution in [2.75, 3.05) is 11.9 Å². The van der Waals surface area contributed by atoms with E-state index < -0.39 is 0 Å². The van der Waals surface area contributed by atoms with Gasteiger partial charge in [0.25, 0.3) is 0 Å². The number of aromatic amines is 1. The third-order valence-corrected chi connectivity index (χ3v) is 5.31. The standard InChI is InChI=1S/C19H20N4OS/c24-18(11-15-7-4-10-25-15)20-19-16-8-9-23(13-17(16)21-22-19)12-14-5-2-1-3-6-14/h1-7,10H,8-9,11-13H2,(H2,20,21,22,24). The number of anilines is 1. The van der Waals surface area contributed by atoms with Crippen LogP contribution in [0.1, 0.15) is 21.7 Å². The Morgan fingerprint density at radius 3 is 2.92 bits per heavy atom. The van der Waals surface area contributed by atoms with E-state index in [2.05, 4.69) is 44.7 Å². The smallest absolute Gasteiger partial charge is 0.230 e. The number of amides is 1. The van der Waals surface area contributed by atoms with Crippen LogP contribution >= 0.6 is 11.3 Å². The first-order chi connectivity index (χ1) is 12.3. The summed E-state index contributed by atoms with van der Waals surface area (Å²) in [5.41, 5.74) is 3.56. The van der Waals surface area contributed by atoms with Gasteiger partial charge >= 0.3 is 0 Å². The number of nitrogens with zero attached hydrogens (tertiary/aromatic N) is 2. The molecule has 128 valence electrons. The maximum absolute atomic E-state index is 12.2. The fourth-order valence-corrected chi connectivity index (χ4v) is 3.91. The Morgan fingerprint density at radius 2 is 2.12 bits per heavy atom. The van der Waals surface area contributed by atoms with Gasteiger partial charge < -0.3 is 5.32 Å². The van der Waals surface area contributed by atoms with E-state index in [0.29, 0.717) is 12.2 Å². The zero-order valence-corrected chi connectivity index (χ0v) is 14.7. The molecule has 3 heterocycles. The van der Waals surface area contributed by atoms with Crippen molar-refractivity contribution in [1.82, 2.24) is 15.1 Å². The first kappa shape index (κ1) is 16.1. The van der Waals surface area contributed by atoms with Crippen molar-refractivity contribution in [3.63, 3.8) is 0 Å². The van der Waals surface area contributed by atoms with Gasteiger partial charge in [-0.25, -0.2) is 0 Å². The molecule has 0 radical (unpaired) electrons. The van der Waals surface area contributed by atoms with Crippen LogP contribution in [0, 0.1) is 0 Å². The molecule has 6 heteroatoms. The lowest BCUT2D eigenvalue weighted by molar-refractivity contribution is -0.115. The Kier molecular flexibility index (Phi) is 4.63. The van der Waals surface area contributed by atoms with E-state index in [-0.39, 0.29) is 5.91 Å². The highest BCUT2D eigenvalue weighted by Crippen LogP contribution is 2.25. The number of rotatable bonds is 5. The quantitative estimate of drug-likeness (QED) is 0.741. The van der Waals surface area contributed by atoms with Crippen LogP contribution in [0.25, 0.3) is 0 Å². The molecule has 2 aromatic heterocycles. The third-order valence-electron chi connectivity index (χ3n) is 4.43. The van der Waals surface area contributed by atoms with E-state index in [1.54, 1.807) is 11.3 Å². The molecule has 0 aliphatic carbocycles. The second-order valence-electron chi connectivity index (χ2n) is 6.28. The number of nitrogens with one attached hydrogen (secondary N) is 2. The monoisotopic (exact) mass is 352 g/mol. The summed E-state index contributed by atoms with van der Waals surface area (Å²) in [7, 11) is 0. The van der Waals surface area contributed by atoms with Crippen molar-refractivity contribution >= 4 is 23.1 Å². The molecule has 1 aliphatic rings. The van der Waals surface area contributed by atoms with Gasteiger partial charge in [-0.05, 0) is 23.4 Å². The first-order valence-electron chi connectivity index (χ1n) is 8.42. The van der Waals surface area contributed by atoms with Crippen molar-refractivity contribution in [2.45, 2.75) is 25.9 Å². The number of fused-ring (bicyclic) bond motifs is 1. The molecule has 0 spiro atoms. The highest BCUT2D eigenvalue weighted by Gasteiger charge is 2.22. The normalized spacial score (nSPS) is 14.2. The van der Waals surface area contributed by atoms with E-state index in [9.17, 15) is 4.79 Å². The number of hydrogen-bond acceptors (Lipinski definition) is 4. The molecule has 0 atom stereocenters. The number of carbonyl (C=O) groups excluding carboxylic acids is 1. The Hall–Kier alpha value is -2.44. The molecule has 4 rings (SSSR count). The van der Waals surface area contributed by atoms with Crippen LogP contribution in [0.3, 0.4) is 0 Å². The molecule has 1 aliphatic heterocycles. The predicted molar refractivity (Wildman–Crippen MR) is 99.5 cm³/mol. The Bertz CT molecular complexity index is 842. The van der Waals surface area contributed by atoms with Gasteiger partial charge in [-0.1, -0.05) is 36.4 Å². The number of thiophene rings is 1. The molecule has 5 nitrogen and oxygen atoms in total. The van der Waals surface area contributed by atoms with Gasteiger partial charge in [0, 0.05) is 30.1 Å². The number of H-pyrrole nitrogens is 1. The van der Waals surface area contributed by atoms with E-state index in [1.165, 1.54) is 5.56 Å². The van der Waals surface area contributed by atoms with Crippen molar-refractivity contribution in [1.29, 1.82) is 0 Å². The average Bonchev–Trinajstić information content (AvgIpc) is 3.26. The Labute approximate surface area is 150 Å². The molecule has 0 bridgehead atoms. The number of benzene rings is 1. The lowest BCUT2D eigenvalue weighted by atomic mass is 10.1. The van der Waals surface area contributed by atoms with E-state index >= 15 is 0 Å². The average molecular weight is 352 g/mol. The molecule has 0 unspecified atom stereocenters. The highest BCUT2D eigenvalue weighted by atomic mass is 32.1. The van der Waals surface area contributed by atoms with Gasteiger partial charge in [-0.3, -0.25) is 14.8 Å². The molecule has 3 aromatic rings. The van der Waals surface area contributed by atoms with Gasteiger partial charge in [0.1, 0.15) is 0 Å². The molecular formula is C19H20N4OS. The SMILES string of the molecule is O=C(Cc1cccs1)Nc1n[nH]c2c1CCN(Cc1ccccc1)C2. The van der Waals surface area contributed by atoms with E-state index in [0.717, 1.165) is 42.2 Å². The van der Waals surface area contributed by atoms with Crippen LogP contribution in [-0.4, -0.2) is 27.5 Å². The molecular weight excluding hydrogens is 332 g/mol. The second kappa shape index (κ2) is 7.21. The lowest BCUT2D eigenvalue weighted by Crippen LogP contribution is -2.30. The van der Waals surface area contributed by atoms with E-state index in [1.807, 2.05) is 23.6 Å². The summed E-state index contributed by atoms with van der Waals surface area (Å²) >= 11 is 1.60. The minimum Gasteiger partial charge on any atom is -0.309 e. The summed E-state index contributed by atoms with van der Waals surface area (Å²) < 4.78 is 0. The summed E-state index contributed by atoms with van der Waals surface area (Å²) in [6.07, 6.45) is 1.30. The van der Waals surface area contributed by atoms with Crippen LogP contribution in [0.5, 0.6) is 0 Å². The van der Waals surface area contributed by atoms with Crippen molar-refractivity contribution in [3.8, 4) is 0 Å². The number of hydrogen-bond donors (Lipinski definition) is 2. The molecule has 1 amide bonds. The minimum atomic E-state index is -0.0107. The van der Waals surface area contributed by atoms with Gasteiger partial charge in [0.15, 0.2) is 5.82 Å². The fraction of sp³-hybridized carbons (Fsp3) is 0.263. The van der Waals surface area contributed by atoms with Crippen molar-refractivity contribution in [3.05, 3.63) is 69.5 Å². The van der Waals surface area contributed by atoms with Crippen molar-refractivity contribution < 1.29 is 4.79 Å². The second-order valence-corrected chi connectivity index (χ2v) is 7.31. The first-order valence-corrected chi connectivity index (χ1v) is 9.30. The van der Waals surface area contributed by atoms with E-state index in [4.69, 9.17) is 0 Å². The maximum atomic E-state index is 12.2. The van der Waals surface area contributed by atoms with Crippen molar-refractivity contribution in [2.24, 2.45) is 0 Å². The summed E-state index contributed by atoms with van der Waals surface area (Å²) in [6, 6.07) is 14.4. The maximum Gasteiger partial charge on any atom is 0.230 e. The molecule has 0 saturated heterocycles. The van der Waals surface area contributed by atoms with Gasteiger partial charge in [-0.15, -0.1) is 11.3 Å². The number of aromatic nitrogens is 2. The van der Waals surface area contributed by atoms with Crippen LogP contribution in [0.4, 0.5) is 5.82 Å². The molecule has 25 heavy (non-hydrogen) atoms. The van der Waals surface area contributed by atoms with Gasteiger partial charge in [0.2, 0.25) is 5.91 Å². The van der Waals surface area contributed by atoms with Crippen LogP contribution in [0.15, 0.2) is 47.8 Å². The Morgan fingerprint density at radius 1 is 1.24 bits per heavy atom. The summed E-state index contributed by atoms with van der Waals surface area (Å²) in [4.78, 5) is 15.7. The van der Waals surface area contributed by atoms with Crippen LogP contribution in [-0.2, 0) is 30.7 Å². The van der Waals surface area contributed by atoms with Gasteiger partial charge in [-0.2, -0.15) is 5.10 Å². The topological polar surface area (TPSA) is 61.0 Å². The summed E-state index contributed by atoms with van der Waals surface area (Å²) in [6.45, 7) is 2.73. The summed E-state index contributed by atoms with van der Waals surface area (Å²) in [5.74, 6) is 0.680. The molecule has 0 saturated carbocycles. The summed E-state index contributed by atoms with van der Waals surface area (Å²) in [5, 5.41) is 12.4. The molecule has 1 aromatic carbocycles. The Balaban J connectivity index is 1.39. The van der Waals surface area contributed by atoms with Gasteiger partial charge in [0.05, 0.1) is 12.1 Å². The largest absolute Gasteiger partial charge is 0.309 e. The predicted octanol–water partition coefficient (Wildman–Crippen LogP) is 3.21. The van der Waals surface area contributed by atoms with Crippen LogP contribution < -0.4 is 5.32 Å². The molecule has 2 N–H and O–H groups in total. The lowest BCUT2D eigenvalue weighted by Gasteiger charge is -2.26. The highest BCUT2D eigenvalue weighted by molar-refractivity contribution is 7.10. The number of carbonyl (C=O) groups is 1. The molecule has 0 fully saturated rings. The zero-order valence-electron chi connectivity index (χ0n) is 13.9. The third kappa shape index (κ3) is 3.81. The minimum absolute atomic E-state index is 0.0107. The van der Waals surface area contributed by atoms with Crippen LogP contribution in [0.2, 0.25) is 0 Å². The zero-order chi connectivity index (χ0) is 17.1.